The Labute approximate surface area is 211 Å². The van der Waals surface area contributed by atoms with E-state index in [1.54, 1.807) is 20.1 Å². The molecule has 2 saturated carbocycles. The van der Waals surface area contributed by atoms with E-state index in [1.165, 1.54) is 0 Å². The van der Waals surface area contributed by atoms with Gasteiger partial charge in [-0.05, 0) is 23.6 Å². The molecule has 1 aromatic carbocycles. The van der Waals surface area contributed by atoms with Crippen LogP contribution in [0.3, 0.4) is 0 Å². The zero-order valence-corrected chi connectivity index (χ0v) is 21.5. The maximum atomic E-state index is 13.2. The summed E-state index contributed by atoms with van der Waals surface area (Å²) in [5, 5.41) is 34.4. The molecule has 0 radical (unpaired) electrons. The highest BCUT2D eigenvalue weighted by molar-refractivity contribution is 6.04. The molecule has 5 rings (SSSR count). The number of aliphatic hydroxyl groups excluding tert-OH is 1. The van der Waals surface area contributed by atoms with Crippen molar-refractivity contribution in [3.63, 3.8) is 0 Å². The van der Waals surface area contributed by atoms with Gasteiger partial charge in [0.15, 0.2) is 5.78 Å². The molecule has 7 nitrogen and oxygen atoms in total. The molecule has 1 aromatic rings. The number of Topliss-reactive ketones (excluding diaryl/α,β-unsaturated/α-hetero) is 1. The Morgan fingerprint density at radius 2 is 1.81 bits per heavy atom. The molecule has 0 amide bonds. The van der Waals surface area contributed by atoms with E-state index >= 15 is 0 Å². The summed E-state index contributed by atoms with van der Waals surface area (Å²) in [6.45, 7) is 7.14. The molecular formula is C29H36O7. The third-order valence-corrected chi connectivity index (χ3v) is 9.69. The summed E-state index contributed by atoms with van der Waals surface area (Å²) in [7, 11) is 1.54. The van der Waals surface area contributed by atoms with E-state index in [1.807, 2.05) is 57.2 Å². The van der Waals surface area contributed by atoms with Crippen molar-refractivity contribution in [3.05, 3.63) is 59.2 Å². The Balaban J connectivity index is 1.60. The van der Waals surface area contributed by atoms with E-state index in [0.29, 0.717) is 11.1 Å². The molecule has 4 aliphatic carbocycles. The SMILES string of the molecule is CO[C@@H]1[C@@H](C)[C@@]2(O)[C@@H](C=C(CO)C[C@]3(O)C(=O)C(C)=C[C@@H]23)[C@H]2C(C)(C)[C@]12OC(=O)Cc1ccccc1. The molecule has 0 heterocycles. The van der Waals surface area contributed by atoms with Crippen molar-refractivity contribution in [2.24, 2.45) is 29.1 Å². The molecule has 0 unspecified atom stereocenters. The van der Waals surface area contributed by atoms with Crippen LogP contribution in [-0.4, -0.2) is 63.7 Å². The predicted octanol–water partition coefficient (Wildman–Crippen LogP) is 2.38. The quantitative estimate of drug-likeness (QED) is 0.424. The number of carbonyl (C=O) groups excluding carboxylic acids is 2. The van der Waals surface area contributed by atoms with Crippen LogP contribution in [0.15, 0.2) is 53.6 Å². The third-order valence-electron chi connectivity index (χ3n) is 9.69. The van der Waals surface area contributed by atoms with E-state index < -0.39 is 51.9 Å². The zero-order valence-electron chi connectivity index (χ0n) is 21.5. The molecule has 2 fully saturated rings. The number of aliphatic hydroxyl groups is 3. The van der Waals surface area contributed by atoms with Crippen LogP contribution in [-0.2, 0) is 25.5 Å². The van der Waals surface area contributed by atoms with E-state index in [2.05, 4.69) is 0 Å². The van der Waals surface area contributed by atoms with Gasteiger partial charge in [-0.3, -0.25) is 9.59 Å². The number of ketones is 1. The van der Waals surface area contributed by atoms with Crippen LogP contribution in [0.1, 0.15) is 39.7 Å². The van der Waals surface area contributed by atoms with Crippen molar-refractivity contribution in [1.82, 2.24) is 0 Å². The van der Waals surface area contributed by atoms with E-state index in [-0.39, 0.29) is 31.3 Å². The van der Waals surface area contributed by atoms with Gasteiger partial charge < -0.3 is 24.8 Å². The van der Waals surface area contributed by atoms with Gasteiger partial charge in [-0.15, -0.1) is 0 Å². The van der Waals surface area contributed by atoms with Crippen LogP contribution in [0.2, 0.25) is 0 Å². The van der Waals surface area contributed by atoms with Crippen molar-refractivity contribution in [3.8, 4) is 0 Å². The lowest BCUT2D eigenvalue weighted by Gasteiger charge is -2.53. The van der Waals surface area contributed by atoms with Gasteiger partial charge in [0, 0.05) is 42.6 Å². The lowest BCUT2D eigenvalue weighted by Crippen LogP contribution is -2.66. The van der Waals surface area contributed by atoms with Crippen molar-refractivity contribution in [2.75, 3.05) is 13.7 Å². The minimum absolute atomic E-state index is 0.0576. The molecule has 0 saturated heterocycles. The van der Waals surface area contributed by atoms with Crippen molar-refractivity contribution >= 4 is 11.8 Å². The Bertz CT molecular complexity index is 1150. The van der Waals surface area contributed by atoms with Gasteiger partial charge in [-0.1, -0.05) is 63.3 Å². The first-order chi connectivity index (χ1) is 16.9. The summed E-state index contributed by atoms with van der Waals surface area (Å²) in [4.78, 5) is 26.3. The average molecular weight is 497 g/mol. The van der Waals surface area contributed by atoms with Crippen LogP contribution in [0.5, 0.6) is 0 Å². The van der Waals surface area contributed by atoms with E-state index in [4.69, 9.17) is 9.47 Å². The Morgan fingerprint density at radius 1 is 1.14 bits per heavy atom. The normalized spacial score (nSPS) is 42.3. The average Bonchev–Trinajstić information content (AvgIpc) is 3.25. The first-order valence-electron chi connectivity index (χ1n) is 12.7. The highest BCUT2D eigenvalue weighted by atomic mass is 16.6. The van der Waals surface area contributed by atoms with E-state index in [9.17, 15) is 24.9 Å². The highest BCUT2D eigenvalue weighted by Gasteiger charge is 2.87. The van der Waals surface area contributed by atoms with Gasteiger partial charge in [-0.2, -0.15) is 0 Å². The lowest BCUT2D eigenvalue weighted by atomic mass is 9.59. The first kappa shape index (κ1) is 25.3. The molecular weight excluding hydrogens is 460 g/mol. The maximum absolute atomic E-state index is 13.2. The molecule has 3 N–H and O–H groups in total. The van der Waals surface area contributed by atoms with Crippen LogP contribution < -0.4 is 0 Å². The smallest absolute Gasteiger partial charge is 0.310 e. The van der Waals surface area contributed by atoms with Crippen LogP contribution in [0, 0.1) is 29.1 Å². The summed E-state index contributed by atoms with van der Waals surface area (Å²) in [5.74, 6) is -3.21. The van der Waals surface area contributed by atoms with Gasteiger partial charge in [0.1, 0.15) is 17.3 Å². The molecule has 36 heavy (non-hydrogen) atoms. The van der Waals surface area contributed by atoms with Crippen molar-refractivity contribution < 1.29 is 34.4 Å². The second kappa shape index (κ2) is 8.09. The summed E-state index contributed by atoms with van der Waals surface area (Å²) in [5.41, 5.74) is -3.25. The summed E-state index contributed by atoms with van der Waals surface area (Å²) < 4.78 is 12.3. The van der Waals surface area contributed by atoms with Gasteiger partial charge in [0.2, 0.25) is 0 Å². The largest absolute Gasteiger partial charge is 0.455 e. The summed E-state index contributed by atoms with van der Waals surface area (Å²) >= 11 is 0. The molecule has 194 valence electrons. The molecule has 4 aliphatic rings. The van der Waals surface area contributed by atoms with Gasteiger partial charge in [0.25, 0.3) is 0 Å². The Kier molecular flexibility index (Phi) is 5.69. The number of benzene rings is 1. The molecule has 0 aromatic heterocycles. The minimum atomic E-state index is -1.85. The zero-order chi connectivity index (χ0) is 26.3. The second-order valence-electron chi connectivity index (χ2n) is 11.7. The number of carbonyl (C=O) groups is 2. The molecule has 0 aliphatic heterocycles. The number of hydrogen-bond donors (Lipinski definition) is 3. The van der Waals surface area contributed by atoms with E-state index in [0.717, 1.165) is 5.56 Å². The Morgan fingerprint density at radius 3 is 2.42 bits per heavy atom. The number of esters is 1. The first-order valence-corrected chi connectivity index (χ1v) is 12.7. The monoisotopic (exact) mass is 496 g/mol. The topological polar surface area (TPSA) is 113 Å². The van der Waals surface area contributed by atoms with Crippen LogP contribution in [0.4, 0.5) is 0 Å². The molecule has 0 bridgehead atoms. The molecule has 7 heteroatoms. The number of fused-ring (bicyclic) bond motifs is 5. The van der Waals surface area contributed by atoms with Crippen molar-refractivity contribution in [1.29, 1.82) is 0 Å². The predicted molar refractivity (Wildman–Crippen MR) is 132 cm³/mol. The number of rotatable bonds is 5. The Hall–Kier alpha value is -2.32. The standard InChI is InChI=1S/C29H36O7/c1-16-11-21-27(33,24(16)32)14-19(15-30)12-20-23-26(3,4)29(23,25(35-5)17(2)28(20,21)34)36-22(31)13-18-9-7-6-8-10-18/h6-12,17,20-21,23,25,30,33-34H,13-15H2,1-5H3/t17-,20+,21-,23+,25-,27-,28-,29-/m1/s1. The fourth-order valence-electron chi connectivity index (χ4n) is 8.00. The summed E-state index contributed by atoms with van der Waals surface area (Å²) in [6.07, 6.45) is 2.88. The number of hydrogen-bond acceptors (Lipinski definition) is 7. The molecule has 0 spiro atoms. The highest BCUT2D eigenvalue weighted by Crippen LogP contribution is 2.77. The maximum Gasteiger partial charge on any atom is 0.310 e. The molecule has 8 atom stereocenters. The number of ether oxygens (including phenoxy) is 2. The number of methoxy groups -OCH3 is 1. The fraction of sp³-hybridized carbons (Fsp3) is 0.586. The van der Waals surface area contributed by atoms with Crippen molar-refractivity contribution in [2.45, 2.75) is 63.4 Å². The second-order valence-corrected chi connectivity index (χ2v) is 11.7. The van der Waals surface area contributed by atoms with Gasteiger partial charge in [0.05, 0.1) is 18.6 Å². The third kappa shape index (κ3) is 3.06. The van der Waals surface area contributed by atoms with Gasteiger partial charge in [-0.25, -0.2) is 0 Å². The van der Waals surface area contributed by atoms with Crippen LogP contribution >= 0.6 is 0 Å². The fourth-order valence-corrected chi connectivity index (χ4v) is 8.00. The summed E-state index contributed by atoms with van der Waals surface area (Å²) in [6, 6.07) is 9.38. The van der Waals surface area contributed by atoms with Crippen LogP contribution in [0.25, 0.3) is 0 Å². The minimum Gasteiger partial charge on any atom is -0.455 e. The lowest BCUT2D eigenvalue weighted by molar-refractivity contribution is -0.224. The van der Waals surface area contributed by atoms with Gasteiger partial charge >= 0.3 is 5.97 Å².